The Kier molecular flexibility index (Phi) is 32.2. The van der Waals surface area contributed by atoms with Gasteiger partial charge >= 0.3 is 5.97 Å². The monoisotopic (exact) mass is 888 g/mol. The van der Waals surface area contributed by atoms with Crippen molar-refractivity contribution in [3.05, 3.63) is 35.9 Å². The first-order valence-electron chi connectivity index (χ1n) is 25.4. The predicted molar refractivity (Wildman–Crippen MR) is 251 cm³/mol. The van der Waals surface area contributed by atoms with Crippen LogP contribution in [0.25, 0.3) is 0 Å². The molecule has 0 spiro atoms. The summed E-state index contributed by atoms with van der Waals surface area (Å²) in [6.45, 7) is 4.19. The lowest BCUT2D eigenvalue weighted by Gasteiger charge is -2.47. The standard InChI is InChI=1S/C51H89N3O9/c1-3-5-7-9-11-13-15-17-18-19-20-22-24-26-31-35-45(57)54(38-32-27-25-23-21-16-14-12-10-8-6-4-2)51-47(49(61)48(60)43(40-55)63-51)53-50(62)42(39-41-33-29-28-30-34-41)52-44(56)36-37-46(58)59/h28-30,33-34,42-43,47-49,51,55,60-61H,3-27,31-32,35-40H2,1-2H3,(H,52,56)(H,53,62)(H,58,59)/t42-,43+,47+,48+,49+,51+/m0/s1. The van der Waals surface area contributed by atoms with E-state index in [0.29, 0.717) is 19.4 Å². The molecule has 0 unspecified atom stereocenters. The molecule has 1 heterocycles. The Balaban J connectivity index is 2.10. The van der Waals surface area contributed by atoms with E-state index in [1.54, 1.807) is 29.2 Å². The second kappa shape index (κ2) is 36.2. The van der Waals surface area contributed by atoms with E-state index in [-0.39, 0.29) is 25.2 Å². The van der Waals surface area contributed by atoms with Gasteiger partial charge in [0.1, 0.15) is 30.4 Å². The predicted octanol–water partition coefficient (Wildman–Crippen LogP) is 9.29. The quantitative estimate of drug-likeness (QED) is 0.0351. The maximum atomic E-state index is 14.2. The van der Waals surface area contributed by atoms with Crippen molar-refractivity contribution in [3.8, 4) is 0 Å². The van der Waals surface area contributed by atoms with Crippen molar-refractivity contribution in [2.75, 3.05) is 13.2 Å². The number of amides is 3. The van der Waals surface area contributed by atoms with Gasteiger partial charge in [-0.1, -0.05) is 205 Å². The molecule has 63 heavy (non-hydrogen) atoms. The number of hydrogen-bond acceptors (Lipinski definition) is 8. The molecule has 12 nitrogen and oxygen atoms in total. The van der Waals surface area contributed by atoms with Crippen molar-refractivity contribution < 1.29 is 44.3 Å². The van der Waals surface area contributed by atoms with Gasteiger partial charge in [-0.25, -0.2) is 0 Å². The summed E-state index contributed by atoms with van der Waals surface area (Å²) >= 11 is 0. The van der Waals surface area contributed by atoms with E-state index in [1.165, 1.54) is 122 Å². The molecule has 1 saturated heterocycles. The second-order valence-corrected chi connectivity index (χ2v) is 18.1. The maximum Gasteiger partial charge on any atom is 0.303 e. The molecule has 0 aliphatic carbocycles. The number of hydrogen-bond donors (Lipinski definition) is 6. The van der Waals surface area contributed by atoms with Gasteiger partial charge in [0.05, 0.1) is 13.0 Å². The van der Waals surface area contributed by atoms with Gasteiger partial charge in [0, 0.05) is 25.8 Å². The maximum absolute atomic E-state index is 14.2. The minimum atomic E-state index is -1.60. The third-order valence-corrected chi connectivity index (χ3v) is 12.6. The molecule has 0 aromatic heterocycles. The van der Waals surface area contributed by atoms with Crippen molar-refractivity contribution in [2.24, 2.45) is 0 Å². The van der Waals surface area contributed by atoms with Gasteiger partial charge < -0.3 is 40.7 Å². The highest BCUT2D eigenvalue weighted by Gasteiger charge is 2.48. The van der Waals surface area contributed by atoms with Crippen LogP contribution < -0.4 is 10.6 Å². The summed E-state index contributed by atoms with van der Waals surface area (Å²) in [5.74, 6) is -2.64. The molecular formula is C51H89N3O9. The van der Waals surface area contributed by atoms with Crippen LogP contribution in [0.3, 0.4) is 0 Å². The van der Waals surface area contributed by atoms with Crippen LogP contribution in [0.15, 0.2) is 30.3 Å². The number of aliphatic hydroxyl groups is 3. The molecule has 6 N–H and O–H groups in total. The number of ether oxygens (including phenoxy) is 1. The molecule has 0 radical (unpaired) electrons. The second-order valence-electron chi connectivity index (χ2n) is 18.1. The number of carbonyl (C=O) groups excluding carboxylic acids is 3. The van der Waals surface area contributed by atoms with Crippen LogP contribution in [0, 0.1) is 0 Å². The van der Waals surface area contributed by atoms with Crippen LogP contribution in [0.1, 0.15) is 212 Å². The van der Waals surface area contributed by atoms with Crippen molar-refractivity contribution in [2.45, 2.75) is 250 Å². The zero-order valence-corrected chi connectivity index (χ0v) is 39.5. The number of nitrogens with one attached hydrogen (secondary N) is 2. The van der Waals surface area contributed by atoms with Crippen LogP contribution in [0.5, 0.6) is 0 Å². The SMILES string of the molecule is CCCCCCCCCCCCCCCCCC(=O)N(CCCCCCCCCCCCCC)[C@@H]1O[C@H](CO)[C@@H](O)[C@H](O)[C@H]1NC(=O)[C@H](Cc1ccccc1)NC(=O)CCC(=O)O. The van der Waals surface area contributed by atoms with Crippen molar-refractivity contribution >= 4 is 23.7 Å². The summed E-state index contributed by atoms with van der Waals surface area (Å²) in [6, 6.07) is 6.58. The van der Waals surface area contributed by atoms with Crippen LogP contribution in [-0.4, -0.2) is 98.8 Å². The number of carboxylic acids is 1. The van der Waals surface area contributed by atoms with Gasteiger partial charge in [-0.2, -0.15) is 0 Å². The van der Waals surface area contributed by atoms with Crippen LogP contribution >= 0.6 is 0 Å². The van der Waals surface area contributed by atoms with E-state index in [1.807, 2.05) is 6.07 Å². The lowest BCUT2D eigenvalue weighted by Crippen LogP contribution is -2.70. The number of nitrogens with zero attached hydrogens (tertiary/aromatic N) is 1. The third kappa shape index (κ3) is 25.3. The van der Waals surface area contributed by atoms with Gasteiger partial charge in [0.25, 0.3) is 0 Å². The van der Waals surface area contributed by atoms with Gasteiger partial charge in [-0.15, -0.1) is 0 Å². The van der Waals surface area contributed by atoms with Gasteiger partial charge in [0.15, 0.2) is 6.23 Å². The summed E-state index contributed by atoms with van der Waals surface area (Å²) < 4.78 is 6.22. The number of benzene rings is 1. The molecule has 2 rings (SSSR count). The topological polar surface area (TPSA) is 186 Å². The molecule has 362 valence electrons. The Morgan fingerprint density at radius 1 is 0.619 bits per heavy atom. The Labute approximate surface area is 381 Å². The number of unbranched alkanes of at least 4 members (excludes halogenated alkanes) is 25. The fraction of sp³-hybridized carbons (Fsp3) is 0.804. The molecular weight excluding hydrogens is 799 g/mol. The molecule has 1 aromatic rings. The van der Waals surface area contributed by atoms with E-state index < -0.39 is 67.4 Å². The molecule has 0 saturated carbocycles. The molecule has 1 fully saturated rings. The Bertz CT molecular complexity index is 1330. The third-order valence-electron chi connectivity index (χ3n) is 12.6. The largest absolute Gasteiger partial charge is 0.481 e. The van der Waals surface area contributed by atoms with Crippen LogP contribution in [0.2, 0.25) is 0 Å². The minimum Gasteiger partial charge on any atom is -0.481 e. The molecule has 0 bridgehead atoms. The molecule has 3 amide bonds. The van der Waals surface area contributed by atoms with Crippen molar-refractivity contribution in [1.29, 1.82) is 0 Å². The smallest absolute Gasteiger partial charge is 0.303 e. The Morgan fingerprint density at radius 2 is 1.08 bits per heavy atom. The number of carboxylic acid groups (broad SMARTS) is 1. The molecule has 12 heteroatoms. The highest BCUT2D eigenvalue weighted by molar-refractivity contribution is 5.89. The van der Waals surface area contributed by atoms with E-state index in [2.05, 4.69) is 24.5 Å². The van der Waals surface area contributed by atoms with E-state index in [9.17, 15) is 34.5 Å². The number of rotatable bonds is 39. The molecule has 1 aliphatic heterocycles. The first kappa shape index (κ1) is 56.1. The van der Waals surface area contributed by atoms with Gasteiger partial charge in [0.2, 0.25) is 17.7 Å². The lowest BCUT2D eigenvalue weighted by atomic mass is 9.94. The normalized spacial score (nSPS) is 19.1. The number of aliphatic hydroxyl groups excluding tert-OH is 3. The minimum absolute atomic E-state index is 0.0718. The highest BCUT2D eigenvalue weighted by atomic mass is 16.5. The average molecular weight is 888 g/mol. The molecule has 1 aliphatic rings. The Morgan fingerprint density at radius 3 is 1.54 bits per heavy atom. The lowest BCUT2D eigenvalue weighted by molar-refractivity contribution is -0.231. The fourth-order valence-corrected chi connectivity index (χ4v) is 8.64. The number of carbonyl (C=O) groups is 4. The van der Waals surface area contributed by atoms with Crippen molar-refractivity contribution in [1.82, 2.24) is 15.5 Å². The zero-order valence-electron chi connectivity index (χ0n) is 39.5. The van der Waals surface area contributed by atoms with Crippen molar-refractivity contribution in [3.63, 3.8) is 0 Å². The fourth-order valence-electron chi connectivity index (χ4n) is 8.64. The first-order valence-corrected chi connectivity index (χ1v) is 25.4. The zero-order chi connectivity index (χ0) is 45.9. The van der Waals surface area contributed by atoms with Gasteiger partial charge in [-0.05, 0) is 18.4 Å². The van der Waals surface area contributed by atoms with Crippen LogP contribution in [-0.2, 0) is 30.3 Å². The van der Waals surface area contributed by atoms with Crippen LogP contribution in [0.4, 0.5) is 0 Å². The summed E-state index contributed by atoms with van der Waals surface area (Å²) in [5.41, 5.74) is 0.737. The number of aliphatic carboxylic acids is 1. The van der Waals surface area contributed by atoms with E-state index in [4.69, 9.17) is 9.84 Å². The molecule has 1 aromatic carbocycles. The highest BCUT2D eigenvalue weighted by Crippen LogP contribution is 2.26. The average Bonchev–Trinajstić information content (AvgIpc) is 3.27. The summed E-state index contributed by atoms with van der Waals surface area (Å²) in [4.78, 5) is 53.9. The summed E-state index contributed by atoms with van der Waals surface area (Å²) in [7, 11) is 0. The summed E-state index contributed by atoms with van der Waals surface area (Å²) in [5, 5.41) is 47.3. The first-order chi connectivity index (χ1) is 30.6. The van der Waals surface area contributed by atoms with E-state index >= 15 is 0 Å². The Hall–Kier alpha value is -3.06. The summed E-state index contributed by atoms with van der Waals surface area (Å²) in [6.07, 6.45) is 26.0. The molecule has 6 atom stereocenters. The van der Waals surface area contributed by atoms with E-state index in [0.717, 1.165) is 44.1 Å². The van der Waals surface area contributed by atoms with Gasteiger partial charge in [-0.3, -0.25) is 19.2 Å².